The summed E-state index contributed by atoms with van der Waals surface area (Å²) in [4.78, 5) is 28.6. The summed E-state index contributed by atoms with van der Waals surface area (Å²) in [7, 11) is 0. The number of nitrogens with one attached hydrogen (secondary N) is 2. The molecule has 0 bridgehead atoms. The summed E-state index contributed by atoms with van der Waals surface area (Å²) in [5, 5.41) is 14.9. The summed E-state index contributed by atoms with van der Waals surface area (Å²) in [6, 6.07) is 2.83. The molecule has 0 radical (unpaired) electrons. The van der Waals surface area contributed by atoms with Crippen LogP contribution in [0.2, 0.25) is 0 Å². The fourth-order valence-electron chi connectivity index (χ4n) is 4.55. The van der Waals surface area contributed by atoms with E-state index in [0.717, 1.165) is 6.07 Å². The molecule has 30 heavy (non-hydrogen) atoms. The van der Waals surface area contributed by atoms with E-state index in [1.165, 1.54) is 24.0 Å². The molecule has 3 aliphatic heterocycles. The van der Waals surface area contributed by atoms with Crippen LogP contribution in [0.15, 0.2) is 18.2 Å². The number of amides is 2. The molecular formula is C20H22F2N4O4. The average Bonchev–Trinajstić information content (AvgIpc) is 3.19. The third-order valence-electron chi connectivity index (χ3n) is 5.90. The SMILES string of the molecule is CC(=N)OC(=N)C(=O)N1CCC2(CC1)OC1CCC(c3cc(F)cc(F)c3)N1C2=O. The topological polar surface area (TPSA) is 107 Å². The normalized spacial score (nSPS) is 24.8. The van der Waals surface area contributed by atoms with Gasteiger partial charge in [0.25, 0.3) is 11.8 Å². The van der Waals surface area contributed by atoms with E-state index in [9.17, 15) is 18.4 Å². The van der Waals surface area contributed by atoms with Crippen LogP contribution in [-0.4, -0.2) is 58.3 Å². The van der Waals surface area contributed by atoms with Crippen LogP contribution in [0.4, 0.5) is 8.78 Å². The van der Waals surface area contributed by atoms with E-state index in [1.807, 2.05) is 0 Å². The number of carbonyl (C=O) groups is 2. The highest BCUT2D eigenvalue weighted by atomic mass is 19.1. The summed E-state index contributed by atoms with van der Waals surface area (Å²) in [5.74, 6) is -3.13. The van der Waals surface area contributed by atoms with Crippen LogP contribution in [0.25, 0.3) is 0 Å². The Morgan fingerprint density at radius 3 is 2.40 bits per heavy atom. The summed E-state index contributed by atoms with van der Waals surface area (Å²) in [6.07, 6.45) is 1.17. The van der Waals surface area contributed by atoms with Gasteiger partial charge in [-0.15, -0.1) is 0 Å². The van der Waals surface area contributed by atoms with Crippen molar-refractivity contribution in [3.8, 4) is 0 Å². The Bertz CT molecular complexity index is 909. The Morgan fingerprint density at radius 2 is 1.80 bits per heavy atom. The maximum absolute atomic E-state index is 13.7. The number of carbonyl (C=O) groups excluding carboxylic acids is 2. The van der Waals surface area contributed by atoms with Gasteiger partial charge in [0.05, 0.1) is 6.04 Å². The first-order valence-electron chi connectivity index (χ1n) is 9.77. The molecule has 2 N–H and O–H groups in total. The van der Waals surface area contributed by atoms with Crippen molar-refractivity contribution in [2.24, 2.45) is 0 Å². The summed E-state index contributed by atoms with van der Waals surface area (Å²) in [6.45, 7) is 1.73. The first-order valence-corrected chi connectivity index (χ1v) is 9.77. The molecule has 3 fully saturated rings. The van der Waals surface area contributed by atoms with E-state index in [2.05, 4.69) is 0 Å². The van der Waals surface area contributed by atoms with Crippen molar-refractivity contribution < 1.29 is 27.8 Å². The molecule has 1 spiro atoms. The first-order chi connectivity index (χ1) is 14.2. The van der Waals surface area contributed by atoms with Gasteiger partial charge in [-0.05, 0) is 30.5 Å². The number of rotatable bonds is 1. The average molecular weight is 420 g/mol. The number of nitrogens with zero attached hydrogens (tertiary/aromatic N) is 2. The Labute approximate surface area is 171 Å². The molecule has 1 aromatic rings. The first kappa shape index (κ1) is 20.4. The predicted molar refractivity (Wildman–Crippen MR) is 101 cm³/mol. The van der Waals surface area contributed by atoms with E-state index in [-0.39, 0.29) is 37.7 Å². The van der Waals surface area contributed by atoms with Crippen molar-refractivity contribution in [1.29, 1.82) is 10.8 Å². The van der Waals surface area contributed by atoms with Gasteiger partial charge >= 0.3 is 5.91 Å². The largest absolute Gasteiger partial charge is 0.421 e. The second kappa shape index (κ2) is 7.42. The van der Waals surface area contributed by atoms with E-state index in [1.54, 1.807) is 4.90 Å². The van der Waals surface area contributed by atoms with Gasteiger partial charge in [0.15, 0.2) is 11.5 Å². The van der Waals surface area contributed by atoms with E-state index in [4.69, 9.17) is 20.3 Å². The molecule has 3 aliphatic rings. The van der Waals surface area contributed by atoms with Crippen molar-refractivity contribution in [2.45, 2.75) is 50.5 Å². The Hall–Kier alpha value is -2.88. The van der Waals surface area contributed by atoms with Crippen LogP contribution in [0.5, 0.6) is 0 Å². The Kier molecular flexibility index (Phi) is 5.05. The molecule has 8 nitrogen and oxygen atoms in total. The third-order valence-corrected chi connectivity index (χ3v) is 5.90. The van der Waals surface area contributed by atoms with Crippen LogP contribution >= 0.6 is 0 Å². The van der Waals surface area contributed by atoms with E-state index >= 15 is 0 Å². The monoisotopic (exact) mass is 420 g/mol. The van der Waals surface area contributed by atoms with Crippen LogP contribution in [-0.2, 0) is 19.1 Å². The lowest BCUT2D eigenvalue weighted by Crippen LogP contribution is -2.53. The minimum absolute atomic E-state index is 0.202. The van der Waals surface area contributed by atoms with Gasteiger partial charge in [0, 0.05) is 38.9 Å². The van der Waals surface area contributed by atoms with Crippen molar-refractivity contribution in [3.05, 3.63) is 35.4 Å². The van der Waals surface area contributed by atoms with Gasteiger partial charge in [-0.25, -0.2) is 8.78 Å². The third kappa shape index (κ3) is 3.45. The number of ether oxygens (including phenoxy) is 2. The zero-order valence-corrected chi connectivity index (χ0v) is 16.4. The zero-order valence-electron chi connectivity index (χ0n) is 16.4. The predicted octanol–water partition coefficient (Wildman–Crippen LogP) is 2.34. The number of hydrogen-bond acceptors (Lipinski definition) is 6. The molecule has 10 heteroatoms. The molecule has 4 rings (SSSR count). The Balaban J connectivity index is 1.47. The second-order valence-corrected chi connectivity index (χ2v) is 7.85. The number of likely N-dealkylation sites (tertiary alicyclic amines) is 1. The maximum atomic E-state index is 13.7. The lowest BCUT2D eigenvalue weighted by molar-refractivity contribution is -0.146. The highest BCUT2D eigenvalue weighted by molar-refractivity contribution is 6.35. The number of benzene rings is 1. The fourth-order valence-corrected chi connectivity index (χ4v) is 4.55. The van der Waals surface area contributed by atoms with Crippen molar-refractivity contribution in [1.82, 2.24) is 9.80 Å². The van der Waals surface area contributed by atoms with E-state index < -0.39 is 41.3 Å². The van der Waals surface area contributed by atoms with Crippen molar-refractivity contribution in [3.63, 3.8) is 0 Å². The number of hydrogen-bond donors (Lipinski definition) is 2. The van der Waals surface area contributed by atoms with Crippen LogP contribution in [0.3, 0.4) is 0 Å². The molecule has 3 heterocycles. The molecule has 0 saturated carbocycles. The lowest BCUT2D eigenvalue weighted by atomic mass is 9.89. The number of piperidine rings is 1. The quantitative estimate of drug-likeness (QED) is 0.537. The molecule has 1 aromatic carbocycles. The molecule has 160 valence electrons. The van der Waals surface area contributed by atoms with Gasteiger partial charge in [-0.2, -0.15) is 0 Å². The van der Waals surface area contributed by atoms with E-state index in [0.29, 0.717) is 18.4 Å². The number of fused-ring (bicyclic) bond motifs is 1. The van der Waals surface area contributed by atoms with Crippen LogP contribution < -0.4 is 0 Å². The van der Waals surface area contributed by atoms with Crippen molar-refractivity contribution >= 4 is 23.6 Å². The summed E-state index contributed by atoms with van der Waals surface area (Å²) in [5.41, 5.74) is -0.670. The minimum Gasteiger partial charge on any atom is -0.421 e. The summed E-state index contributed by atoms with van der Waals surface area (Å²) >= 11 is 0. The van der Waals surface area contributed by atoms with Gasteiger partial charge in [0.1, 0.15) is 17.9 Å². The van der Waals surface area contributed by atoms with Gasteiger partial charge in [0.2, 0.25) is 0 Å². The van der Waals surface area contributed by atoms with Gasteiger partial charge in [-0.3, -0.25) is 20.4 Å². The fraction of sp³-hybridized carbons (Fsp3) is 0.500. The van der Waals surface area contributed by atoms with Gasteiger partial charge in [-0.1, -0.05) is 0 Å². The molecule has 0 aliphatic carbocycles. The lowest BCUT2D eigenvalue weighted by Gasteiger charge is -2.37. The molecular weight excluding hydrogens is 398 g/mol. The molecule has 2 atom stereocenters. The smallest absolute Gasteiger partial charge is 0.309 e. The highest BCUT2D eigenvalue weighted by Gasteiger charge is 2.58. The molecule has 0 aromatic heterocycles. The number of halogens is 2. The molecule has 2 unspecified atom stereocenters. The molecule has 2 amide bonds. The van der Waals surface area contributed by atoms with Gasteiger partial charge < -0.3 is 19.3 Å². The second-order valence-electron chi connectivity index (χ2n) is 7.85. The minimum atomic E-state index is -1.08. The zero-order chi connectivity index (χ0) is 21.6. The highest BCUT2D eigenvalue weighted by Crippen LogP contribution is 2.47. The maximum Gasteiger partial charge on any atom is 0.309 e. The summed E-state index contributed by atoms with van der Waals surface area (Å²) < 4.78 is 38.2. The molecule has 3 saturated heterocycles. The van der Waals surface area contributed by atoms with Crippen LogP contribution in [0, 0.1) is 22.5 Å². The Morgan fingerprint density at radius 1 is 1.17 bits per heavy atom. The van der Waals surface area contributed by atoms with Crippen molar-refractivity contribution in [2.75, 3.05) is 13.1 Å². The standard InChI is InChI=1S/C20H22F2N4O4/c1-11(23)29-17(24)18(27)25-6-4-20(5-7-25)19(28)26-15(2-3-16(26)30-20)12-8-13(21)10-14(22)9-12/h8-10,15-16,23-24H,2-7H2,1H3. The van der Waals surface area contributed by atoms with Crippen LogP contribution in [0.1, 0.15) is 44.2 Å².